The number of carbonyl (C=O) groups is 2. The average molecular weight is 477 g/mol. The molecule has 0 saturated heterocycles. The summed E-state index contributed by atoms with van der Waals surface area (Å²) in [5, 5.41) is 11.5. The molecule has 0 aliphatic heterocycles. The first-order chi connectivity index (χ1) is 16.3. The third-order valence-electron chi connectivity index (χ3n) is 4.88. The smallest absolute Gasteiger partial charge is 0.258 e. The van der Waals surface area contributed by atoms with E-state index in [-0.39, 0.29) is 16.8 Å². The summed E-state index contributed by atoms with van der Waals surface area (Å²) in [6.45, 7) is 2.64. The van der Waals surface area contributed by atoms with E-state index in [1.54, 1.807) is 42.4 Å². The van der Waals surface area contributed by atoms with Crippen LogP contribution in [0, 0.1) is 18.2 Å². The van der Waals surface area contributed by atoms with Crippen LogP contribution in [-0.2, 0) is 0 Å². The molecule has 0 aromatic heterocycles. The number of terminal acetylenes is 1. The number of hydrogen-bond acceptors (Lipinski definition) is 4. The zero-order valence-corrected chi connectivity index (χ0v) is 19.4. The third kappa shape index (κ3) is 6.21. The lowest BCUT2D eigenvalue weighted by Gasteiger charge is -2.13. The molecule has 3 rings (SSSR count). The van der Waals surface area contributed by atoms with Gasteiger partial charge in [-0.25, -0.2) is 4.39 Å². The zero-order chi connectivity index (χ0) is 24.7. The van der Waals surface area contributed by atoms with Crippen molar-refractivity contribution >= 4 is 41.0 Å². The summed E-state index contributed by atoms with van der Waals surface area (Å²) < 4.78 is 14.6. The fourth-order valence-electron chi connectivity index (χ4n) is 2.89. The Morgan fingerprint density at radius 3 is 2.41 bits per heavy atom. The highest BCUT2D eigenvalue weighted by Crippen LogP contribution is 2.23. The second-order valence-electron chi connectivity index (χ2n) is 7.28. The number of nitrogens with one attached hydrogen (secondary N) is 2. The second-order valence-corrected chi connectivity index (χ2v) is 7.71. The molecule has 3 aromatic carbocycles. The molecule has 0 atom stereocenters. The molecule has 2 N–H and O–H groups in total. The van der Waals surface area contributed by atoms with Gasteiger partial charge in [-0.3, -0.25) is 9.59 Å². The quantitative estimate of drug-likeness (QED) is 0.278. The first-order valence-corrected chi connectivity index (χ1v) is 10.7. The molecule has 0 radical (unpaired) electrons. The molecule has 0 unspecified atom stereocenters. The molecule has 0 fully saturated rings. The highest BCUT2D eigenvalue weighted by atomic mass is 35.5. The van der Waals surface area contributed by atoms with E-state index in [1.165, 1.54) is 36.5 Å². The number of carbonyl (C=O) groups excluding carboxylic acids is 2. The molecule has 172 valence electrons. The third-order valence-corrected chi connectivity index (χ3v) is 5.12. The Kier molecular flexibility index (Phi) is 8.01. The summed E-state index contributed by atoms with van der Waals surface area (Å²) >= 11 is 6.07. The van der Waals surface area contributed by atoms with Gasteiger partial charge in [0.1, 0.15) is 5.82 Å². The Hall–Kier alpha value is -4.15. The minimum Gasteiger partial charge on any atom is -0.322 e. The van der Waals surface area contributed by atoms with Crippen LogP contribution in [0.15, 0.2) is 65.8 Å². The van der Waals surface area contributed by atoms with Gasteiger partial charge >= 0.3 is 0 Å². The van der Waals surface area contributed by atoms with Crippen LogP contribution in [0.5, 0.6) is 0 Å². The van der Waals surface area contributed by atoms with Crippen LogP contribution in [0.4, 0.5) is 15.8 Å². The van der Waals surface area contributed by atoms with Crippen molar-refractivity contribution in [1.29, 1.82) is 0 Å². The van der Waals surface area contributed by atoms with Crippen molar-refractivity contribution in [2.75, 3.05) is 24.2 Å². The molecule has 0 heterocycles. The maximum Gasteiger partial charge on any atom is 0.258 e. The predicted octanol–water partition coefficient (Wildman–Crippen LogP) is 5.25. The van der Waals surface area contributed by atoms with Gasteiger partial charge in [0.25, 0.3) is 11.8 Å². The highest BCUT2D eigenvalue weighted by Gasteiger charge is 2.18. The van der Waals surface area contributed by atoms with Crippen LogP contribution in [-0.4, -0.2) is 36.6 Å². The SMILES string of the molecule is C#Cc1ccc(NC(=O)c2cc(Cl)ccc2NC(=O)c2ccc(C=NN(C)CC)cc2F)cc1. The number of halogens is 2. The second kappa shape index (κ2) is 11.1. The Labute approximate surface area is 202 Å². The van der Waals surface area contributed by atoms with E-state index in [1.807, 2.05) is 6.92 Å². The Balaban J connectivity index is 1.80. The Morgan fingerprint density at radius 1 is 1.06 bits per heavy atom. The molecule has 3 aromatic rings. The predicted molar refractivity (Wildman–Crippen MR) is 134 cm³/mol. The van der Waals surface area contributed by atoms with E-state index in [4.69, 9.17) is 18.0 Å². The lowest BCUT2D eigenvalue weighted by molar-refractivity contribution is 0.102. The lowest BCUT2D eigenvalue weighted by atomic mass is 10.1. The molecule has 0 spiro atoms. The van der Waals surface area contributed by atoms with Crippen LogP contribution in [0.2, 0.25) is 5.02 Å². The van der Waals surface area contributed by atoms with Crippen LogP contribution in [0.25, 0.3) is 0 Å². The number of amides is 2. The summed E-state index contributed by atoms with van der Waals surface area (Å²) in [7, 11) is 1.79. The lowest BCUT2D eigenvalue weighted by Crippen LogP contribution is -2.19. The van der Waals surface area contributed by atoms with Crippen molar-refractivity contribution in [2.24, 2.45) is 5.10 Å². The van der Waals surface area contributed by atoms with Gasteiger partial charge in [0.05, 0.1) is 23.0 Å². The molecule has 2 amide bonds. The molecule has 0 bridgehead atoms. The maximum absolute atomic E-state index is 14.6. The van der Waals surface area contributed by atoms with E-state index < -0.39 is 17.6 Å². The average Bonchev–Trinajstić information content (AvgIpc) is 2.83. The van der Waals surface area contributed by atoms with Crippen molar-refractivity contribution in [1.82, 2.24) is 5.01 Å². The van der Waals surface area contributed by atoms with Gasteiger partial charge in [0, 0.05) is 29.9 Å². The van der Waals surface area contributed by atoms with Crippen LogP contribution in [0.3, 0.4) is 0 Å². The van der Waals surface area contributed by atoms with Crippen molar-refractivity contribution in [3.8, 4) is 12.3 Å². The minimum absolute atomic E-state index is 0.119. The number of hydrazone groups is 1. The number of nitrogens with zero attached hydrogens (tertiary/aromatic N) is 2. The normalized spacial score (nSPS) is 10.6. The minimum atomic E-state index is -0.714. The summed E-state index contributed by atoms with van der Waals surface area (Å²) in [5.41, 5.74) is 1.82. The molecule has 6 nitrogen and oxygen atoms in total. The number of rotatable bonds is 7. The number of hydrogen-bond donors (Lipinski definition) is 2. The molecular weight excluding hydrogens is 455 g/mol. The van der Waals surface area contributed by atoms with Gasteiger partial charge in [-0.2, -0.15) is 5.10 Å². The molecule has 0 saturated carbocycles. The molecule has 34 heavy (non-hydrogen) atoms. The largest absolute Gasteiger partial charge is 0.322 e. The van der Waals surface area contributed by atoms with Gasteiger partial charge in [-0.15, -0.1) is 6.42 Å². The number of benzene rings is 3. The van der Waals surface area contributed by atoms with Gasteiger partial charge in [-0.05, 0) is 67.1 Å². The van der Waals surface area contributed by atoms with E-state index in [0.29, 0.717) is 28.4 Å². The summed E-state index contributed by atoms with van der Waals surface area (Å²) in [6, 6.07) is 15.3. The monoisotopic (exact) mass is 476 g/mol. The fraction of sp³-hybridized carbons (Fsp3) is 0.115. The topological polar surface area (TPSA) is 73.8 Å². The summed E-state index contributed by atoms with van der Waals surface area (Å²) in [6.07, 6.45) is 6.85. The van der Waals surface area contributed by atoms with Crippen molar-refractivity contribution in [2.45, 2.75) is 6.92 Å². The van der Waals surface area contributed by atoms with Gasteiger partial charge < -0.3 is 15.6 Å². The van der Waals surface area contributed by atoms with Crippen LogP contribution in [0.1, 0.15) is 38.8 Å². The van der Waals surface area contributed by atoms with E-state index in [9.17, 15) is 14.0 Å². The molecule has 0 aliphatic carbocycles. The maximum atomic E-state index is 14.6. The van der Waals surface area contributed by atoms with Crippen LogP contribution < -0.4 is 10.6 Å². The summed E-state index contributed by atoms with van der Waals surface area (Å²) in [5.74, 6) is 0.576. The highest BCUT2D eigenvalue weighted by molar-refractivity contribution is 6.31. The van der Waals surface area contributed by atoms with Crippen molar-refractivity contribution in [3.05, 3.63) is 93.8 Å². The van der Waals surface area contributed by atoms with E-state index in [0.717, 1.165) is 0 Å². The van der Waals surface area contributed by atoms with Crippen LogP contribution >= 0.6 is 11.6 Å². The standard InChI is InChI=1S/C26H22ClFN4O2/c1-4-17-6-10-20(11-7-17)30-26(34)22-15-19(27)9-13-24(22)31-25(33)21-12-8-18(14-23(21)28)16-29-32(3)5-2/h1,6-16H,5H2,2-3H3,(H,30,34)(H,31,33). The number of anilines is 2. The van der Waals surface area contributed by atoms with Gasteiger partial charge in [-0.1, -0.05) is 23.6 Å². The van der Waals surface area contributed by atoms with Crippen molar-refractivity contribution in [3.63, 3.8) is 0 Å². The fourth-order valence-corrected chi connectivity index (χ4v) is 3.07. The molecular formula is C26H22ClFN4O2. The van der Waals surface area contributed by atoms with Gasteiger partial charge in [0.15, 0.2) is 0 Å². The Morgan fingerprint density at radius 2 is 1.76 bits per heavy atom. The first-order valence-electron chi connectivity index (χ1n) is 10.3. The zero-order valence-electron chi connectivity index (χ0n) is 18.6. The first kappa shape index (κ1) is 24.5. The van der Waals surface area contributed by atoms with E-state index >= 15 is 0 Å². The van der Waals surface area contributed by atoms with E-state index in [2.05, 4.69) is 21.7 Å². The van der Waals surface area contributed by atoms with Crippen molar-refractivity contribution < 1.29 is 14.0 Å². The summed E-state index contributed by atoms with van der Waals surface area (Å²) in [4.78, 5) is 25.6. The van der Waals surface area contributed by atoms with Gasteiger partial charge in [0.2, 0.25) is 0 Å². The molecule has 8 heteroatoms. The molecule has 0 aliphatic rings. The Bertz CT molecular complexity index is 1280.